The minimum absolute atomic E-state index is 0.140. The lowest BCUT2D eigenvalue weighted by atomic mass is 9.85. The highest BCUT2D eigenvalue weighted by atomic mass is 16.3. The van der Waals surface area contributed by atoms with Crippen LogP contribution in [-0.2, 0) is 0 Å². The van der Waals surface area contributed by atoms with Crippen molar-refractivity contribution in [2.75, 3.05) is 0 Å². The van der Waals surface area contributed by atoms with Gasteiger partial charge in [-0.25, -0.2) is 0 Å². The number of fused-ring (bicyclic) bond motifs is 5. The Morgan fingerprint density at radius 2 is 1.20 bits per heavy atom. The van der Waals surface area contributed by atoms with Crippen molar-refractivity contribution in [3.05, 3.63) is 144 Å². The number of rotatable bonds is 4. The zero-order valence-electron chi connectivity index (χ0n) is 19.0. The molecule has 0 aliphatic carbocycles. The summed E-state index contributed by atoms with van der Waals surface area (Å²) in [6.07, 6.45) is 3.73. The molecule has 35 heavy (non-hydrogen) atoms. The van der Waals surface area contributed by atoms with Crippen LogP contribution in [0.25, 0.3) is 38.7 Å². The molecule has 0 saturated heterocycles. The SMILES string of the molecule is c1ccc(C(c2ccncc2)c2ccc(-n3c4ccccc4c4c5ccccc5oc43)cc2)cc1. The van der Waals surface area contributed by atoms with E-state index < -0.39 is 0 Å². The van der Waals surface area contributed by atoms with E-state index in [0.29, 0.717) is 0 Å². The van der Waals surface area contributed by atoms with Crippen molar-refractivity contribution in [1.29, 1.82) is 0 Å². The van der Waals surface area contributed by atoms with Crippen LogP contribution in [0.1, 0.15) is 22.6 Å². The highest BCUT2D eigenvalue weighted by Gasteiger charge is 2.20. The Balaban J connectivity index is 1.41. The molecule has 0 N–H and O–H groups in total. The molecule has 0 amide bonds. The van der Waals surface area contributed by atoms with E-state index in [2.05, 4.69) is 113 Å². The van der Waals surface area contributed by atoms with Crippen molar-refractivity contribution in [2.45, 2.75) is 5.92 Å². The molecule has 0 spiro atoms. The fourth-order valence-electron chi connectivity index (χ4n) is 5.29. The van der Waals surface area contributed by atoms with Crippen LogP contribution in [0.15, 0.2) is 132 Å². The normalized spacial score (nSPS) is 12.5. The van der Waals surface area contributed by atoms with Gasteiger partial charge in [0.1, 0.15) is 5.58 Å². The van der Waals surface area contributed by atoms with Gasteiger partial charge in [-0.1, -0.05) is 78.9 Å². The topological polar surface area (TPSA) is 31.0 Å². The van der Waals surface area contributed by atoms with Crippen LogP contribution in [0.4, 0.5) is 0 Å². The maximum atomic E-state index is 6.40. The van der Waals surface area contributed by atoms with E-state index in [9.17, 15) is 0 Å². The van der Waals surface area contributed by atoms with Crippen molar-refractivity contribution in [3.63, 3.8) is 0 Å². The Labute approximate surface area is 202 Å². The fourth-order valence-corrected chi connectivity index (χ4v) is 5.29. The molecule has 0 fully saturated rings. The first-order chi connectivity index (χ1) is 17.4. The Bertz CT molecular complexity index is 1740. The molecule has 3 heterocycles. The van der Waals surface area contributed by atoms with Crippen molar-refractivity contribution >= 4 is 33.0 Å². The van der Waals surface area contributed by atoms with E-state index in [1.165, 1.54) is 27.5 Å². The van der Waals surface area contributed by atoms with Crippen molar-refractivity contribution in [2.24, 2.45) is 0 Å². The fraction of sp³-hybridized carbons (Fsp3) is 0.0312. The van der Waals surface area contributed by atoms with Gasteiger partial charge in [0.05, 0.1) is 10.9 Å². The molecule has 3 aromatic heterocycles. The van der Waals surface area contributed by atoms with Crippen molar-refractivity contribution in [3.8, 4) is 5.69 Å². The first kappa shape index (κ1) is 19.8. The summed E-state index contributed by atoms with van der Waals surface area (Å²) in [6.45, 7) is 0. The lowest BCUT2D eigenvalue weighted by Crippen LogP contribution is -2.04. The Morgan fingerprint density at radius 3 is 2.00 bits per heavy atom. The van der Waals surface area contributed by atoms with Gasteiger partial charge >= 0.3 is 0 Å². The van der Waals surface area contributed by atoms with Crippen LogP contribution in [0.2, 0.25) is 0 Å². The first-order valence-electron chi connectivity index (χ1n) is 11.8. The number of para-hydroxylation sites is 2. The summed E-state index contributed by atoms with van der Waals surface area (Å²) in [5, 5.41) is 3.52. The molecule has 4 aromatic carbocycles. The molecule has 166 valence electrons. The predicted octanol–water partition coefficient (Wildman–Crippen LogP) is 8.11. The highest BCUT2D eigenvalue weighted by molar-refractivity contribution is 6.19. The molecule has 1 unspecified atom stereocenters. The van der Waals surface area contributed by atoms with Crippen LogP contribution in [0.3, 0.4) is 0 Å². The van der Waals surface area contributed by atoms with E-state index in [1.807, 2.05) is 24.5 Å². The summed E-state index contributed by atoms with van der Waals surface area (Å²) in [7, 11) is 0. The molecule has 0 bridgehead atoms. The summed E-state index contributed by atoms with van der Waals surface area (Å²) >= 11 is 0. The number of aromatic nitrogens is 2. The van der Waals surface area contributed by atoms with Crippen LogP contribution in [-0.4, -0.2) is 9.55 Å². The van der Waals surface area contributed by atoms with Gasteiger partial charge in [0.25, 0.3) is 0 Å². The predicted molar refractivity (Wildman–Crippen MR) is 142 cm³/mol. The smallest absolute Gasteiger partial charge is 0.213 e. The Kier molecular flexibility index (Phi) is 4.52. The number of hydrogen-bond donors (Lipinski definition) is 0. The second-order valence-corrected chi connectivity index (χ2v) is 8.85. The van der Waals surface area contributed by atoms with Gasteiger partial charge < -0.3 is 4.42 Å². The molecule has 7 rings (SSSR count). The van der Waals surface area contributed by atoms with Gasteiger partial charge in [0.15, 0.2) is 0 Å². The summed E-state index contributed by atoms with van der Waals surface area (Å²) in [5.41, 5.74) is 7.75. The van der Waals surface area contributed by atoms with Crippen LogP contribution in [0.5, 0.6) is 0 Å². The van der Waals surface area contributed by atoms with E-state index in [0.717, 1.165) is 27.9 Å². The zero-order chi connectivity index (χ0) is 23.2. The number of pyridine rings is 1. The molecule has 7 aromatic rings. The lowest BCUT2D eigenvalue weighted by molar-refractivity contribution is 0.645. The van der Waals surface area contributed by atoms with Crippen molar-refractivity contribution in [1.82, 2.24) is 9.55 Å². The molecule has 0 radical (unpaired) electrons. The molecule has 1 atom stereocenters. The van der Waals surface area contributed by atoms with E-state index in [1.54, 1.807) is 0 Å². The minimum Gasteiger partial charge on any atom is -0.439 e. The lowest BCUT2D eigenvalue weighted by Gasteiger charge is -2.19. The summed E-state index contributed by atoms with van der Waals surface area (Å²) in [6, 6.07) is 40.5. The summed E-state index contributed by atoms with van der Waals surface area (Å²) in [5.74, 6) is 0.140. The maximum Gasteiger partial charge on any atom is 0.213 e. The molecule has 0 aliphatic rings. The monoisotopic (exact) mass is 450 g/mol. The third-order valence-corrected chi connectivity index (χ3v) is 6.85. The molecule has 0 saturated carbocycles. The molecule has 3 nitrogen and oxygen atoms in total. The maximum absolute atomic E-state index is 6.40. The van der Waals surface area contributed by atoms with Crippen LogP contribution >= 0.6 is 0 Å². The number of nitrogens with zero attached hydrogens (tertiary/aromatic N) is 2. The molecule has 0 aliphatic heterocycles. The van der Waals surface area contributed by atoms with Gasteiger partial charge in [0, 0.05) is 34.8 Å². The van der Waals surface area contributed by atoms with E-state index in [-0.39, 0.29) is 5.92 Å². The summed E-state index contributed by atoms with van der Waals surface area (Å²) < 4.78 is 8.63. The molecule has 3 heteroatoms. The number of benzene rings is 4. The standard InChI is InChI=1S/C32H22N2O/c1-2-8-22(9-3-1)30(24-18-20-33-21-19-24)23-14-16-25(17-15-23)34-28-12-6-4-10-26(28)31-27-11-5-7-13-29(27)35-32(31)34/h1-21,30H. The van der Waals surface area contributed by atoms with Crippen molar-refractivity contribution < 1.29 is 4.42 Å². The largest absolute Gasteiger partial charge is 0.439 e. The van der Waals surface area contributed by atoms with Gasteiger partial charge in [0.2, 0.25) is 5.71 Å². The van der Waals surface area contributed by atoms with Gasteiger partial charge in [-0.15, -0.1) is 0 Å². The van der Waals surface area contributed by atoms with Gasteiger partial charge in [-0.3, -0.25) is 9.55 Å². The molecular formula is C32H22N2O. The second kappa shape index (κ2) is 8.00. The zero-order valence-corrected chi connectivity index (χ0v) is 19.0. The van der Waals surface area contributed by atoms with Gasteiger partial charge in [-0.2, -0.15) is 0 Å². The molecular weight excluding hydrogens is 428 g/mol. The number of hydrogen-bond acceptors (Lipinski definition) is 2. The summed E-state index contributed by atoms with van der Waals surface area (Å²) in [4.78, 5) is 4.23. The average molecular weight is 451 g/mol. The van der Waals surface area contributed by atoms with Gasteiger partial charge in [-0.05, 0) is 53.1 Å². The Hall–Kier alpha value is -4.63. The number of furan rings is 1. The average Bonchev–Trinajstić information content (AvgIpc) is 3.45. The highest BCUT2D eigenvalue weighted by Crippen LogP contribution is 2.39. The quantitative estimate of drug-likeness (QED) is 0.271. The van der Waals surface area contributed by atoms with E-state index >= 15 is 0 Å². The van der Waals surface area contributed by atoms with Crippen LogP contribution in [0, 0.1) is 0 Å². The Morgan fingerprint density at radius 1 is 0.571 bits per heavy atom. The third-order valence-electron chi connectivity index (χ3n) is 6.85. The second-order valence-electron chi connectivity index (χ2n) is 8.85. The van der Waals surface area contributed by atoms with E-state index in [4.69, 9.17) is 4.42 Å². The van der Waals surface area contributed by atoms with Crippen LogP contribution < -0.4 is 0 Å². The third kappa shape index (κ3) is 3.17. The first-order valence-corrected chi connectivity index (χ1v) is 11.8. The minimum atomic E-state index is 0.140.